The van der Waals surface area contributed by atoms with Crippen LogP contribution in [0.15, 0.2) is 170 Å². The fraction of sp³-hybridized carbons (Fsp3) is 0.316. The van der Waals surface area contributed by atoms with E-state index >= 15 is 0 Å². The molecular formula is C57H54ClNO14. The molecule has 16 heteroatoms. The van der Waals surface area contributed by atoms with Gasteiger partial charge in [-0.15, -0.1) is 11.6 Å². The van der Waals surface area contributed by atoms with Crippen LogP contribution in [0.25, 0.3) is 0 Å². The number of amides is 2. The first-order valence-corrected chi connectivity index (χ1v) is 24.6. The Hall–Kier alpha value is -6.50. The molecule has 378 valence electrons. The summed E-state index contributed by atoms with van der Waals surface area (Å²) in [6.07, 6.45) is -11.1. The van der Waals surface area contributed by atoms with E-state index in [4.69, 9.17) is 63.7 Å². The largest absolute Gasteiger partial charge is 0.497 e. The normalized spacial score (nSPS) is 26.7. The van der Waals surface area contributed by atoms with Crippen LogP contribution in [0.1, 0.15) is 49.3 Å². The topological polar surface area (TPSA) is 156 Å². The summed E-state index contributed by atoms with van der Waals surface area (Å²) in [5.41, 5.74) is 3.71. The van der Waals surface area contributed by atoms with Crippen molar-refractivity contribution in [2.24, 2.45) is 0 Å². The second-order valence-corrected chi connectivity index (χ2v) is 18.1. The molecular weight excluding hydrogens is 958 g/mol. The van der Waals surface area contributed by atoms with Gasteiger partial charge >= 0.3 is 5.97 Å². The summed E-state index contributed by atoms with van der Waals surface area (Å²) in [5.74, 6) is -1.95. The van der Waals surface area contributed by atoms with E-state index in [2.05, 4.69) is 0 Å². The molecule has 0 N–H and O–H groups in total. The second kappa shape index (κ2) is 23.6. The minimum Gasteiger partial charge on any atom is -0.497 e. The maximum Gasteiger partial charge on any atom is 0.321 e. The van der Waals surface area contributed by atoms with Gasteiger partial charge in [0.25, 0.3) is 11.8 Å². The number of alkyl halides is 1. The number of carbonyl (C=O) groups excluding carboxylic acids is 3. The molecule has 6 aromatic rings. The average Bonchev–Trinajstić information content (AvgIpc) is 3.69. The third-order valence-electron chi connectivity index (χ3n) is 13.0. The lowest BCUT2D eigenvalue weighted by molar-refractivity contribution is -0.389. The minimum absolute atomic E-state index is 0.0611. The van der Waals surface area contributed by atoms with E-state index in [0.29, 0.717) is 11.5 Å². The minimum atomic E-state index is -1.53. The van der Waals surface area contributed by atoms with E-state index in [1.807, 2.05) is 121 Å². The molecule has 3 saturated heterocycles. The number of carbonyl (C=O) groups is 3. The smallest absolute Gasteiger partial charge is 0.321 e. The highest BCUT2D eigenvalue weighted by atomic mass is 35.5. The lowest BCUT2D eigenvalue weighted by atomic mass is 9.93. The summed E-state index contributed by atoms with van der Waals surface area (Å²) < 4.78 is 72.7. The molecule has 4 aliphatic rings. The molecule has 0 radical (unpaired) electrons. The van der Waals surface area contributed by atoms with Gasteiger partial charge in [-0.1, -0.05) is 133 Å². The first-order valence-electron chi connectivity index (χ1n) is 24.1. The van der Waals surface area contributed by atoms with Gasteiger partial charge in [0.1, 0.15) is 60.0 Å². The van der Waals surface area contributed by atoms with Crippen LogP contribution in [-0.2, 0) is 67.2 Å². The standard InChI is InChI=1S/C57H54ClNO14/c1-63-40-26-28-41(29-27-40)68-56-47(59-53(61)42-24-14-15-25-43(42)54(59)62)50(71-46(60)30-58)48(44(69-56)34-64-31-36-16-6-2-7-17-36)73-57-52(66-33-38-20-10-4-11-21-38)51(65-32-37-18-8-3-9-19-37)49-45(70-57)35-67-55(72-49)39-22-12-5-13-23-39/h2-29,44-45,47-52,55-57H,30-35H2,1H3/t44-,45-,47-,48-,49-,50-,51+,52-,55?,56-,57-/m1/s1. The summed E-state index contributed by atoms with van der Waals surface area (Å²) in [5, 5.41) is 0. The highest BCUT2D eigenvalue weighted by Crippen LogP contribution is 2.41. The predicted octanol–water partition coefficient (Wildman–Crippen LogP) is 8.23. The molecule has 0 aromatic heterocycles. The maximum atomic E-state index is 14.6. The molecule has 1 unspecified atom stereocenters. The number of fused-ring (bicyclic) bond motifs is 2. The van der Waals surface area contributed by atoms with Crippen LogP contribution in [0.4, 0.5) is 0 Å². The van der Waals surface area contributed by atoms with Crippen molar-refractivity contribution in [3.05, 3.63) is 203 Å². The summed E-state index contributed by atoms with van der Waals surface area (Å²) >= 11 is 6.24. The maximum absolute atomic E-state index is 14.6. The van der Waals surface area contributed by atoms with Crippen molar-refractivity contribution in [3.8, 4) is 11.5 Å². The zero-order valence-corrected chi connectivity index (χ0v) is 40.6. The van der Waals surface area contributed by atoms with E-state index < -0.39 is 91.3 Å². The second-order valence-electron chi connectivity index (χ2n) is 17.8. The zero-order valence-electron chi connectivity index (χ0n) is 39.8. The van der Waals surface area contributed by atoms with Crippen molar-refractivity contribution in [2.75, 3.05) is 26.2 Å². The van der Waals surface area contributed by atoms with Crippen LogP contribution in [0, 0.1) is 0 Å². The molecule has 2 amide bonds. The monoisotopic (exact) mass is 1010 g/mol. The number of hydrogen-bond donors (Lipinski definition) is 0. The summed E-state index contributed by atoms with van der Waals surface area (Å²) in [7, 11) is 1.54. The van der Waals surface area contributed by atoms with Crippen molar-refractivity contribution < 1.29 is 66.5 Å². The van der Waals surface area contributed by atoms with Crippen LogP contribution in [0.5, 0.6) is 11.5 Å². The Balaban J connectivity index is 1.07. The average molecular weight is 1010 g/mol. The molecule has 10 rings (SSSR count). The molecule has 4 aliphatic heterocycles. The van der Waals surface area contributed by atoms with Gasteiger partial charge in [0.05, 0.1) is 51.3 Å². The van der Waals surface area contributed by atoms with E-state index in [1.54, 1.807) is 48.5 Å². The third-order valence-corrected chi connectivity index (χ3v) is 13.3. The molecule has 11 atom stereocenters. The predicted molar refractivity (Wildman–Crippen MR) is 263 cm³/mol. The number of hydrogen-bond acceptors (Lipinski definition) is 14. The summed E-state index contributed by atoms with van der Waals surface area (Å²) in [6, 6.07) is 50.0. The SMILES string of the molecule is COc1ccc(O[C@@H]2O[C@H](COCc3ccccc3)[C@@H](O[C@H]3O[C@@H]4COC(c5ccccc5)O[C@H]4[C@H](OCc4ccccc4)[C@H]3OCc3ccccc3)[C@H](OC(=O)CCl)[C@H]2N2C(=O)c3ccccc3C2=O)cc1. The number of halogens is 1. The van der Waals surface area contributed by atoms with Crippen LogP contribution in [0.3, 0.4) is 0 Å². The van der Waals surface area contributed by atoms with Gasteiger partial charge in [-0.3, -0.25) is 19.3 Å². The number of nitrogens with zero attached hydrogens (tertiary/aromatic N) is 1. The van der Waals surface area contributed by atoms with Crippen molar-refractivity contribution >= 4 is 29.4 Å². The van der Waals surface area contributed by atoms with Gasteiger partial charge in [-0.2, -0.15) is 0 Å². The van der Waals surface area contributed by atoms with E-state index in [1.165, 1.54) is 7.11 Å². The lowest BCUT2D eigenvalue weighted by Crippen LogP contribution is -2.70. The van der Waals surface area contributed by atoms with Gasteiger partial charge in [-0.05, 0) is 53.1 Å². The fourth-order valence-corrected chi connectivity index (χ4v) is 9.56. The molecule has 0 aliphatic carbocycles. The van der Waals surface area contributed by atoms with Crippen molar-refractivity contribution in [3.63, 3.8) is 0 Å². The first-order chi connectivity index (χ1) is 35.8. The van der Waals surface area contributed by atoms with Gasteiger partial charge in [0.15, 0.2) is 18.7 Å². The van der Waals surface area contributed by atoms with Crippen LogP contribution in [-0.4, -0.2) is 110 Å². The lowest BCUT2D eigenvalue weighted by Gasteiger charge is -2.52. The van der Waals surface area contributed by atoms with E-state index in [0.717, 1.165) is 27.2 Å². The van der Waals surface area contributed by atoms with Crippen molar-refractivity contribution in [1.82, 2.24) is 4.90 Å². The van der Waals surface area contributed by atoms with Crippen molar-refractivity contribution in [1.29, 1.82) is 0 Å². The molecule has 73 heavy (non-hydrogen) atoms. The molecule has 3 fully saturated rings. The summed E-state index contributed by atoms with van der Waals surface area (Å²) in [6.45, 7) is 0.313. The fourth-order valence-electron chi connectivity index (χ4n) is 9.50. The van der Waals surface area contributed by atoms with Crippen LogP contribution >= 0.6 is 11.6 Å². The zero-order chi connectivity index (χ0) is 50.1. The Morgan fingerprint density at radius 1 is 0.603 bits per heavy atom. The molecule has 0 bridgehead atoms. The van der Waals surface area contributed by atoms with Gasteiger partial charge in [0, 0.05) is 5.56 Å². The number of ether oxygens (including phenoxy) is 11. The number of imide groups is 1. The van der Waals surface area contributed by atoms with Crippen LogP contribution in [0.2, 0.25) is 0 Å². The molecule has 4 heterocycles. The number of benzene rings is 6. The molecule has 6 aromatic carbocycles. The Morgan fingerprint density at radius 2 is 1.15 bits per heavy atom. The highest BCUT2D eigenvalue weighted by molar-refractivity contribution is 6.26. The van der Waals surface area contributed by atoms with Gasteiger partial charge in [0.2, 0.25) is 6.29 Å². The van der Waals surface area contributed by atoms with Crippen molar-refractivity contribution in [2.45, 2.75) is 87.5 Å². The molecule has 0 spiro atoms. The first kappa shape index (κ1) is 50.1. The van der Waals surface area contributed by atoms with E-state index in [9.17, 15) is 14.4 Å². The number of rotatable bonds is 19. The van der Waals surface area contributed by atoms with E-state index in [-0.39, 0.29) is 44.2 Å². The Kier molecular flexibility index (Phi) is 16.2. The Bertz CT molecular complexity index is 2720. The quantitative estimate of drug-likeness (QED) is 0.0435. The number of methoxy groups -OCH3 is 1. The Morgan fingerprint density at radius 3 is 1.74 bits per heavy atom. The molecule has 0 saturated carbocycles. The molecule has 15 nitrogen and oxygen atoms in total. The Labute approximate surface area is 427 Å². The number of esters is 1. The van der Waals surface area contributed by atoms with Gasteiger partial charge < -0.3 is 52.1 Å². The summed E-state index contributed by atoms with van der Waals surface area (Å²) in [4.78, 5) is 44.1. The van der Waals surface area contributed by atoms with Gasteiger partial charge in [-0.25, -0.2) is 0 Å². The van der Waals surface area contributed by atoms with Crippen LogP contribution < -0.4 is 9.47 Å². The highest BCUT2D eigenvalue weighted by Gasteiger charge is 2.60. The third kappa shape index (κ3) is 11.5.